The van der Waals surface area contributed by atoms with Crippen molar-refractivity contribution in [2.75, 3.05) is 19.6 Å². The van der Waals surface area contributed by atoms with Crippen LogP contribution in [0.4, 0.5) is 0 Å². The van der Waals surface area contributed by atoms with E-state index in [-0.39, 0.29) is 5.91 Å². The molecule has 3 nitrogen and oxygen atoms in total. The molecule has 2 N–H and O–H groups in total. The molecule has 1 fully saturated rings. The Morgan fingerprint density at radius 2 is 2.00 bits per heavy atom. The van der Waals surface area contributed by atoms with Gasteiger partial charge in [0.05, 0.1) is 0 Å². The van der Waals surface area contributed by atoms with Gasteiger partial charge in [-0.25, -0.2) is 0 Å². The monoisotopic (exact) mass is 308 g/mol. The summed E-state index contributed by atoms with van der Waals surface area (Å²) in [6.45, 7) is 5.08. The lowest BCUT2D eigenvalue weighted by Gasteiger charge is -2.27. The SMILES string of the molecule is CC(CC(=O)NCCc1ccc(Cl)cc1)C1CCNCC1. The summed E-state index contributed by atoms with van der Waals surface area (Å²) in [5, 5.41) is 7.15. The van der Waals surface area contributed by atoms with Crippen LogP contribution in [0.5, 0.6) is 0 Å². The van der Waals surface area contributed by atoms with Crippen LogP contribution in [0.15, 0.2) is 24.3 Å². The first-order chi connectivity index (χ1) is 10.1. The minimum atomic E-state index is 0.176. The fourth-order valence-electron chi connectivity index (χ4n) is 2.94. The van der Waals surface area contributed by atoms with E-state index < -0.39 is 0 Å². The molecule has 1 unspecified atom stereocenters. The van der Waals surface area contributed by atoms with Crippen molar-refractivity contribution in [2.45, 2.75) is 32.6 Å². The van der Waals surface area contributed by atoms with E-state index in [1.54, 1.807) is 0 Å². The van der Waals surface area contributed by atoms with Crippen LogP contribution in [0, 0.1) is 11.8 Å². The minimum absolute atomic E-state index is 0.176. The predicted octanol–water partition coefficient (Wildman–Crippen LogP) is 3.02. The van der Waals surface area contributed by atoms with E-state index in [1.165, 1.54) is 18.4 Å². The summed E-state index contributed by atoms with van der Waals surface area (Å²) < 4.78 is 0. The van der Waals surface area contributed by atoms with Crippen molar-refractivity contribution in [3.63, 3.8) is 0 Å². The smallest absolute Gasteiger partial charge is 0.220 e. The number of carbonyl (C=O) groups excluding carboxylic acids is 1. The number of amides is 1. The Morgan fingerprint density at radius 3 is 2.67 bits per heavy atom. The third-order valence-corrected chi connectivity index (χ3v) is 4.60. The Kier molecular flexibility index (Phi) is 6.52. The number of benzene rings is 1. The van der Waals surface area contributed by atoms with Gasteiger partial charge in [-0.05, 0) is 61.9 Å². The fraction of sp³-hybridized carbons (Fsp3) is 0.588. The number of piperidine rings is 1. The quantitative estimate of drug-likeness (QED) is 0.848. The average Bonchev–Trinajstić information content (AvgIpc) is 2.50. The Bertz CT molecular complexity index is 441. The van der Waals surface area contributed by atoms with Gasteiger partial charge >= 0.3 is 0 Å². The van der Waals surface area contributed by atoms with Crippen LogP contribution in [-0.2, 0) is 11.2 Å². The molecular weight excluding hydrogens is 284 g/mol. The molecule has 0 bridgehead atoms. The van der Waals surface area contributed by atoms with E-state index in [0.29, 0.717) is 24.8 Å². The van der Waals surface area contributed by atoms with Gasteiger partial charge in [-0.15, -0.1) is 0 Å². The van der Waals surface area contributed by atoms with Crippen molar-refractivity contribution in [2.24, 2.45) is 11.8 Å². The molecule has 116 valence electrons. The van der Waals surface area contributed by atoms with E-state index in [1.807, 2.05) is 24.3 Å². The van der Waals surface area contributed by atoms with E-state index in [0.717, 1.165) is 24.5 Å². The molecule has 0 saturated carbocycles. The summed E-state index contributed by atoms with van der Waals surface area (Å²) in [4.78, 5) is 12.0. The highest BCUT2D eigenvalue weighted by Gasteiger charge is 2.21. The Hall–Kier alpha value is -1.06. The molecule has 0 aromatic heterocycles. The van der Waals surface area contributed by atoms with Crippen LogP contribution in [0.2, 0.25) is 5.02 Å². The summed E-state index contributed by atoms with van der Waals surface area (Å²) in [6.07, 6.45) is 3.88. The predicted molar refractivity (Wildman–Crippen MR) is 87.5 cm³/mol. The fourth-order valence-corrected chi connectivity index (χ4v) is 3.07. The first kappa shape index (κ1) is 16.3. The van der Waals surface area contributed by atoms with Gasteiger partial charge in [-0.3, -0.25) is 4.79 Å². The van der Waals surface area contributed by atoms with Crippen LogP contribution in [0.25, 0.3) is 0 Å². The average molecular weight is 309 g/mol. The number of hydrogen-bond acceptors (Lipinski definition) is 2. The molecule has 2 rings (SSSR count). The van der Waals surface area contributed by atoms with Gasteiger partial charge in [0.2, 0.25) is 5.91 Å². The van der Waals surface area contributed by atoms with Gasteiger partial charge in [0.1, 0.15) is 0 Å². The third-order valence-electron chi connectivity index (χ3n) is 4.35. The summed E-state index contributed by atoms with van der Waals surface area (Å²) in [5.74, 6) is 1.34. The number of halogens is 1. The van der Waals surface area contributed by atoms with Crippen molar-refractivity contribution in [1.82, 2.24) is 10.6 Å². The molecule has 1 heterocycles. The van der Waals surface area contributed by atoms with Gasteiger partial charge in [-0.2, -0.15) is 0 Å². The van der Waals surface area contributed by atoms with Crippen LogP contribution in [0.3, 0.4) is 0 Å². The van der Waals surface area contributed by atoms with Crippen molar-refractivity contribution >= 4 is 17.5 Å². The van der Waals surface area contributed by atoms with E-state index in [2.05, 4.69) is 17.6 Å². The van der Waals surface area contributed by atoms with Gasteiger partial charge in [0.25, 0.3) is 0 Å². The molecule has 1 atom stereocenters. The number of hydrogen-bond donors (Lipinski definition) is 2. The molecular formula is C17H25ClN2O. The number of nitrogens with one attached hydrogen (secondary N) is 2. The lowest BCUT2D eigenvalue weighted by molar-refractivity contribution is -0.122. The molecule has 1 amide bonds. The second-order valence-electron chi connectivity index (χ2n) is 6.00. The molecule has 1 aliphatic heterocycles. The topological polar surface area (TPSA) is 41.1 Å². The number of carbonyl (C=O) groups is 1. The highest BCUT2D eigenvalue weighted by molar-refractivity contribution is 6.30. The first-order valence-electron chi connectivity index (χ1n) is 7.87. The molecule has 21 heavy (non-hydrogen) atoms. The van der Waals surface area contributed by atoms with Crippen molar-refractivity contribution in [3.05, 3.63) is 34.9 Å². The molecule has 0 spiro atoms. The van der Waals surface area contributed by atoms with E-state index in [4.69, 9.17) is 11.6 Å². The zero-order valence-corrected chi connectivity index (χ0v) is 13.5. The lowest BCUT2D eigenvalue weighted by atomic mass is 9.84. The second-order valence-corrected chi connectivity index (χ2v) is 6.43. The maximum atomic E-state index is 12.0. The molecule has 1 aromatic rings. The van der Waals surface area contributed by atoms with Gasteiger partial charge in [0, 0.05) is 18.0 Å². The second kappa shape index (κ2) is 8.40. The van der Waals surface area contributed by atoms with Gasteiger partial charge in [0.15, 0.2) is 0 Å². The Labute approximate surface area is 132 Å². The highest BCUT2D eigenvalue weighted by Crippen LogP contribution is 2.24. The molecule has 1 aromatic carbocycles. The standard InChI is InChI=1S/C17H25ClN2O/c1-13(15-7-9-19-10-8-15)12-17(21)20-11-6-14-2-4-16(18)5-3-14/h2-5,13,15,19H,6-12H2,1H3,(H,20,21). The van der Waals surface area contributed by atoms with Gasteiger partial charge in [-0.1, -0.05) is 30.7 Å². The summed E-state index contributed by atoms with van der Waals surface area (Å²) >= 11 is 5.85. The number of rotatable bonds is 6. The van der Waals surface area contributed by atoms with Crippen LogP contribution in [0.1, 0.15) is 31.7 Å². The zero-order chi connectivity index (χ0) is 15.1. The van der Waals surface area contributed by atoms with Crippen molar-refractivity contribution in [1.29, 1.82) is 0 Å². The Balaban J connectivity index is 1.65. The summed E-state index contributed by atoms with van der Waals surface area (Å²) in [6, 6.07) is 7.79. The highest BCUT2D eigenvalue weighted by atomic mass is 35.5. The zero-order valence-electron chi connectivity index (χ0n) is 12.7. The van der Waals surface area contributed by atoms with Gasteiger partial charge < -0.3 is 10.6 Å². The maximum absolute atomic E-state index is 12.0. The normalized spacial score (nSPS) is 17.4. The van der Waals surface area contributed by atoms with Crippen molar-refractivity contribution in [3.8, 4) is 0 Å². The third kappa shape index (κ3) is 5.68. The van der Waals surface area contributed by atoms with Crippen LogP contribution in [-0.4, -0.2) is 25.5 Å². The molecule has 0 aliphatic carbocycles. The molecule has 4 heteroatoms. The molecule has 0 radical (unpaired) electrons. The first-order valence-corrected chi connectivity index (χ1v) is 8.25. The largest absolute Gasteiger partial charge is 0.356 e. The minimum Gasteiger partial charge on any atom is -0.356 e. The summed E-state index contributed by atoms with van der Waals surface area (Å²) in [5.41, 5.74) is 1.20. The van der Waals surface area contributed by atoms with Crippen LogP contribution < -0.4 is 10.6 Å². The maximum Gasteiger partial charge on any atom is 0.220 e. The Morgan fingerprint density at radius 1 is 1.33 bits per heavy atom. The van der Waals surface area contributed by atoms with Crippen molar-refractivity contribution < 1.29 is 4.79 Å². The molecule has 1 aliphatic rings. The summed E-state index contributed by atoms with van der Waals surface area (Å²) in [7, 11) is 0. The van der Waals surface area contributed by atoms with Crippen LogP contribution >= 0.6 is 11.6 Å². The molecule has 1 saturated heterocycles. The van der Waals surface area contributed by atoms with E-state index >= 15 is 0 Å². The lowest BCUT2D eigenvalue weighted by Crippen LogP contribution is -2.34. The van der Waals surface area contributed by atoms with E-state index in [9.17, 15) is 4.79 Å².